The van der Waals surface area contributed by atoms with E-state index >= 15 is 0 Å². The van der Waals surface area contributed by atoms with Crippen LogP contribution in [0.2, 0.25) is 0 Å². The van der Waals surface area contributed by atoms with Crippen LogP contribution in [0.3, 0.4) is 0 Å². The first kappa shape index (κ1) is 14.3. The molecular weight excluding hydrogens is 258 g/mol. The number of aliphatic carboxylic acids is 1. The van der Waals surface area contributed by atoms with Gasteiger partial charge >= 0.3 is 12.0 Å². The highest BCUT2D eigenvalue weighted by atomic mass is 16.4. The summed E-state index contributed by atoms with van der Waals surface area (Å²) < 4.78 is 0. The molecule has 0 radical (unpaired) electrons. The SMILES string of the molecule is O=C(O)CC1CCCN1C(=O)NCCc1cccnc1. The molecule has 2 amide bonds. The Labute approximate surface area is 117 Å². The first-order chi connectivity index (χ1) is 9.66. The van der Waals surface area contributed by atoms with E-state index in [1.165, 1.54) is 0 Å². The molecule has 1 unspecified atom stereocenters. The molecule has 20 heavy (non-hydrogen) atoms. The van der Waals surface area contributed by atoms with Gasteiger partial charge in [-0.05, 0) is 30.9 Å². The number of aromatic nitrogens is 1. The molecule has 1 fully saturated rings. The lowest BCUT2D eigenvalue weighted by Crippen LogP contribution is -2.44. The van der Waals surface area contributed by atoms with E-state index in [2.05, 4.69) is 10.3 Å². The van der Waals surface area contributed by atoms with Crippen LogP contribution in [0.25, 0.3) is 0 Å². The molecule has 1 atom stereocenters. The highest BCUT2D eigenvalue weighted by molar-refractivity contribution is 5.76. The monoisotopic (exact) mass is 277 g/mol. The van der Waals surface area contributed by atoms with Gasteiger partial charge in [-0.3, -0.25) is 9.78 Å². The summed E-state index contributed by atoms with van der Waals surface area (Å²) >= 11 is 0. The number of pyridine rings is 1. The molecule has 0 aromatic carbocycles. The first-order valence-electron chi connectivity index (χ1n) is 6.82. The number of nitrogens with one attached hydrogen (secondary N) is 1. The van der Waals surface area contributed by atoms with Crippen LogP contribution in [0, 0.1) is 0 Å². The Morgan fingerprint density at radius 1 is 1.50 bits per heavy atom. The van der Waals surface area contributed by atoms with E-state index in [9.17, 15) is 9.59 Å². The number of amides is 2. The van der Waals surface area contributed by atoms with Crippen molar-refractivity contribution in [2.24, 2.45) is 0 Å². The summed E-state index contributed by atoms with van der Waals surface area (Å²) in [4.78, 5) is 28.4. The molecule has 1 aromatic heterocycles. The Bertz CT molecular complexity index is 464. The van der Waals surface area contributed by atoms with E-state index in [0.717, 1.165) is 24.8 Å². The second-order valence-corrected chi connectivity index (χ2v) is 4.93. The quantitative estimate of drug-likeness (QED) is 0.849. The molecule has 2 rings (SSSR count). The normalized spacial score (nSPS) is 18.0. The van der Waals surface area contributed by atoms with Gasteiger partial charge in [-0.1, -0.05) is 6.07 Å². The van der Waals surface area contributed by atoms with E-state index in [0.29, 0.717) is 13.1 Å². The summed E-state index contributed by atoms with van der Waals surface area (Å²) in [6, 6.07) is 3.48. The lowest BCUT2D eigenvalue weighted by Gasteiger charge is -2.23. The Hall–Kier alpha value is -2.11. The topological polar surface area (TPSA) is 82.5 Å². The number of nitrogens with zero attached hydrogens (tertiary/aromatic N) is 2. The molecule has 1 saturated heterocycles. The summed E-state index contributed by atoms with van der Waals surface area (Å²) in [7, 11) is 0. The van der Waals surface area contributed by atoms with Crippen LogP contribution < -0.4 is 5.32 Å². The molecule has 2 N–H and O–H groups in total. The summed E-state index contributed by atoms with van der Waals surface area (Å²) in [5, 5.41) is 11.7. The fourth-order valence-electron chi connectivity index (χ4n) is 2.48. The van der Waals surface area contributed by atoms with Crippen molar-refractivity contribution < 1.29 is 14.7 Å². The van der Waals surface area contributed by atoms with Crippen LogP contribution in [-0.4, -0.2) is 46.1 Å². The molecule has 1 aromatic rings. The zero-order chi connectivity index (χ0) is 14.4. The number of carbonyl (C=O) groups excluding carboxylic acids is 1. The maximum atomic E-state index is 12.0. The van der Waals surface area contributed by atoms with E-state index < -0.39 is 5.97 Å². The standard InChI is InChI=1S/C14H19N3O3/c18-13(19)9-12-4-2-8-17(12)14(20)16-7-5-11-3-1-6-15-10-11/h1,3,6,10,12H,2,4-5,7-9H2,(H,16,20)(H,18,19). The molecule has 108 valence electrons. The van der Waals surface area contributed by atoms with E-state index in [-0.39, 0.29) is 18.5 Å². The molecule has 6 heteroatoms. The minimum atomic E-state index is -0.856. The molecular formula is C14H19N3O3. The predicted molar refractivity (Wildman–Crippen MR) is 73.3 cm³/mol. The summed E-state index contributed by atoms with van der Waals surface area (Å²) in [6.07, 6.45) is 5.86. The largest absolute Gasteiger partial charge is 0.481 e. The van der Waals surface area contributed by atoms with Crippen molar-refractivity contribution in [2.75, 3.05) is 13.1 Å². The van der Waals surface area contributed by atoms with Gasteiger partial charge in [0.2, 0.25) is 0 Å². The van der Waals surface area contributed by atoms with Crippen LogP contribution in [0.5, 0.6) is 0 Å². The number of hydrogen-bond donors (Lipinski definition) is 2. The minimum Gasteiger partial charge on any atom is -0.481 e. The molecule has 1 aliphatic heterocycles. The summed E-state index contributed by atoms with van der Waals surface area (Å²) in [5.74, 6) is -0.856. The Balaban J connectivity index is 1.78. The molecule has 0 saturated carbocycles. The third-order valence-electron chi connectivity index (χ3n) is 3.46. The third kappa shape index (κ3) is 3.94. The smallest absolute Gasteiger partial charge is 0.317 e. The van der Waals surface area contributed by atoms with Gasteiger partial charge in [0.25, 0.3) is 0 Å². The predicted octanol–water partition coefficient (Wildman–Crippen LogP) is 1.27. The van der Waals surface area contributed by atoms with E-state index in [4.69, 9.17) is 5.11 Å². The van der Waals surface area contributed by atoms with Crippen LogP contribution in [0.1, 0.15) is 24.8 Å². The van der Waals surface area contributed by atoms with Crippen molar-refractivity contribution in [3.63, 3.8) is 0 Å². The van der Waals surface area contributed by atoms with Gasteiger partial charge in [0.05, 0.1) is 6.42 Å². The zero-order valence-electron chi connectivity index (χ0n) is 11.3. The molecule has 1 aliphatic rings. The van der Waals surface area contributed by atoms with Gasteiger partial charge < -0.3 is 15.3 Å². The molecule has 0 bridgehead atoms. The number of likely N-dealkylation sites (tertiary alicyclic amines) is 1. The van der Waals surface area contributed by atoms with Crippen molar-refractivity contribution in [1.82, 2.24) is 15.2 Å². The maximum absolute atomic E-state index is 12.0. The lowest BCUT2D eigenvalue weighted by atomic mass is 10.1. The number of urea groups is 1. The fraction of sp³-hybridized carbons (Fsp3) is 0.500. The van der Waals surface area contributed by atoms with Crippen LogP contribution in [0.15, 0.2) is 24.5 Å². The Morgan fingerprint density at radius 2 is 2.35 bits per heavy atom. The van der Waals surface area contributed by atoms with Crippen LogP contribution in [0.4, 0.5) is 4.79 Å². The lowest BCUT2D eigenvalue weighted by molar-refractivity contribution is -0.137. The highest BCUT2D eigenvalue weighted by Gasteiger charge is 2.29. The van der Waals surface area contributed by atoms with Crippen molar-refractivity contribution in [3.05, 3.63) is 30.1 Å². The van der Waals surface area contributed by atoms with E-state index in [1.807, 2.05) is 12.1 Å². The van der Waals surface area contributed by atoms with Gasteiger partial charge in [0, 0.05) is 31.5 Å². The zero-order valence-corrected chi connectivity index (χ0v) is 11.3. The first-order valence-corrected chi connectivity index (χ1v) is 6.82. The number of hydrogen-bond acceptors (Lipinski definition) is 3. The van der Waals surface area contributed by atoms with Crippen LogP contribution in [-0.2, 0) is 11.2 Å². The third-order valence-corrected chi connectivity index (χ3v) is 3.46. The number of rotatable bonds is 5. The van der Waals surface area contributed by atoms with Crippen LogP contribution >= 0.6 is 0 Å². The fourth-order valence-corrected chi connectivity index (χ4v) is 2.48. The van der Waals surface area contributed by atoms with Crippen molar-refractivity contribution in [2.45, 2.75) is 31.7 Å². The number of carbonyl (C=O) groups is 2. The number of carboxylic acids is 1. The van der Waals surface area contributed by atoms with Gasteiger partial charge in [-0.2, -0.15) is 0 Å². The average Bonchev–Trinajstić information content (AvgIpc) is 2.87. The van der Waals surface area contributed by atoms with Gasteiger partial charge in [-0.15, -0.1) is 0 Å². The maximum Gasteiger partial charge on any atom is 0.317 e. The van der Waals surface area contributed by atoms with Gasteiger partial charge in [-0.25, -0.2) is 4.79 Å². The molecule has 0 spiro atoms. The molecule has 6 nitrogen and oxygen atoms in total. The summed E-state index contributed by atoms with van der Waals surface area (Å²) in [6.45, 7) is 1.16. The van der Waals surface area contributed by atoms with Crippen molar-refractivity contribution in [3.8, 4) is 0 Å². The highest BCUT2D eigenvalue weighted by Crippen LogP contribution is 2.19. The van der Waals surface area contributed by atoms with E-state index in [1.54, 1.807) is 17.3 Å². The average molecular weight is 277 g/mol. The second-order valence-electron chi connectivity index (χ2n) is 4.93. The number of carboxylic acid groups (broad SMARTS) is 1. The minimum absolute atomic E-state index is 0.0238. The van der Waals surface area contributed by atoms with Crippen molar-refractivity contribution >= 4 is 12.0 Å². The molecule has 0 aliphatic carbocycles. The van der Waals surface area contributed by atoms with Crippen molar-refractivity contribution in [1.29, 1.82) is 0 Å². The second kappa shape index (κ2) is 6.88. The molecule has 2 heterocycles. The van der Waals surface area contributed by atoms with Gasteiger partial charge in [0.15, 0.2) is 0 Å². The van der Waals surface area contributed by atoms with Gasteiger partial charge in [0.1, 0.15) is 0 Å². The Kier molecular flexibility index (Phi) is 4.92. The summed E-state index contributed by atoms with van der Waals surface area (Å²) in [5.41, 5.74) is 1.07. The Morgan fingerprint density at radius 3 is 3.05 bits per heavy atom.